The molecule has 4 heteroatoms. The van der Waals surface area contributed by atoms with Gasteiger partial charge in [-0.1, -0.05) is 35.9 Å². The number of benzene rings is 1. The smallest absolute Gasteiger partial charge is 0.255 e. The second kappa shape index (κ2) is 7.20. The van der Waals surface area contributed by atoms with Crippen LogP contribution < -0.4 is 10.9 Å². The lowest BCUT2D eigenvalue weighted by Gasteiger charge is -2.15. The van der Waals surface area contributed by atoms with Crippen molar-refractivity contribution in [2.75, 3.05) is 20.8 Å². The minimum atomic E-state index is 0.0412. The van der Waals surface area contributed by atoms with Gasteiger partial charge in [-0.05, 0) is 25.6 Å². The van der Waals surface area contributed by atoms with Crippen LogP contribution in [-0.2, 0) is 17.8 Å². The van der Waals surface area contributed by atoms with Gasteiger partial charge in [-0.15, -0.1) is 0 Å². The first-order chi connectivity index (χ1) is 10.2. The fourth-order valence-corrected chi connectivity index (χ4v) is 2.33. The molecule has 1 aromatic carbocycles. The topological polar surface area (TPSA) is 43.3 Å². The van der Waals surface area contributed by atoms with Crippen LogP contribution in [0.3, 0.4) is 0 Å². The third-order valence-corrected chi connectivity index (χ3v) is 3.49. The van der Waals surface area contributed by atoms with Crippen molar-refractivity contribution < 1.29 is 4.74 Å². The maximum Gasteiger partial charge on any atom is 0.255 e. The zero-order valence-corrected chi connectivity index (χ0v) is 12.8. The lowest BCUT2D eigenvalue weighted by molar-refractivity contribution is 0.186. The number of aryl methyl sites for hydroxylation is 1. The molecule has 21 heavy (non-hydrogen) atoms. The van der Waals surface area contributed by atoms with Gasteiger partial charge in [0.1, 0.15) is 0 Å². The third kappa shape index (κ3) is 3.60. The molecule has 112 valence electrons. The van der Waals surface area contributed by atoms with Crippen LogP contribution in [0.2, 0.25) is 0 Å². The highest BCUT2D eigenvalue weighted by Crippen LogP contribution is 2.19. The van der Waals surface area contributed by atoms with Crippen molar-refractivity contribution in [2.24, 2.45) is 0 Å². The van der Waals surface area contributed by atoms with Crippen molar-refractivity contribution >= 4 is 0 Å². The quantitative estimate of drug-likeness (QED) is 0.885. The van der Waals surface area contributed by atoms with E-state index in [1.165, 1.54) is 5.56 Å². The summed E-state index contributed by atoms with van der Waals surface area (Å²) in [6, 6.07) is 12.1. The lowest BCUT2D eigenvalue weighted by Crippen LogP contribution is -2.28. The number of nitrogens with zero attached hydrogens (tertiary/aromatic N) is 1. The zero-order chi connectivity index (χ0) is 15.2. The number of hydrogen-bond acceptors (Lipinski definition) is 3. The number of pyridine rings is 1. The molecule has 0 radical (unpaired) electrons. The van der Waals surface area contributed by atoms with Crippen molar-refractivity contribution in [1.82, 2.24) is 9.88 Å². The van der Waals surface area contributed by atoms with Crippen LogP contribution in [0.4, 0.5) is 0 Å². The molecule has 1 aromatic heterocycles. The maximum atomic E-state index is 12.6. The van der Waals surface area contributed by atoms with E-state index in [0.29, 0.717) is 19.7 Å². The van der Waals surface area contributed by atoms with Crippen molar-refractivity contribution in [3.8, 4) is 11.3 Å². The molecule has 0 unspecified atom stereocenters. The van der Waals surface area contributed by atoms with E-state index in [1.807, 2.05) is 31.3 Å². The molecule has 0 saturated heterocycles. The van der Waals surface area contributed by atoms with Crippen LogP contribution in [-0.4, -0.2) is 25.3 Å². The van der Waals surface area contributed by atoms with E-state index in [1.54, 1.807) is 11.7 Å². The SMILES string of the molecule is CNCc1ccc(-c2ccc(C)cc2)n(CCOC)c1=O. The number of aromatic nitrogens is 1. The van der Waals surface area contributed by atoms with E-state index < -0.39 is 0 Å². The summed E-state index contributed by atoms with van der Waals surface area (Å²) < 4.78 is 6.93. The molecular formula is C17H22N2O2. The first-order valence-corrected chi connectivity index (χ1v) is 7.10. The van der Waals surface area contributed by atoms with Gasteiger partial charge in [0.15, 0.2) is 0 Å². The molecule has 0 aliphatic rings. The standard InChI is InChI=1S/C17H22N2O2/c1-13-4-6-14(7-5-13)16-9-8-15(12-18-2)17(20)19(16)10-11-21-3/h4-9,18H,10-12H2,1-3H3. The Morgan fingerprint density at radius 1 is 1.14 bits per heavy atom. The van der Waals surface area contributed by atoms with Crippen molar-refractivity contribution in [3.63, 3.8) is 0 Å². The fourth-order valence-electron chi connectivity index (χ4n) is 2.33. The molecule has 1 heterocycles. The first kappa shape index (κ1) is 15.5. The van der Waals surface area contributed by atoms with E-state index in [4.69, 9.17) is 4.74 Å². The summed E-state index contributed by atoms with van der Waals surface area (Å²) in [7, 11) is 3.49. The van der Waals surface area contributed by atoms with Gasteiger partial charge in [-0.2, -0.15) is 0 Å². The molecule has 2 rings (SSSR count). The molecule has 2 aromatic rings. The Balaban J connectivity index is 2.51. The predicted octanol–water partition coefficient (Wildman–Crippen LogP) is 2.19. The van der Waals surface area contributed by atoms with E-state index in [9.17, 15) is 4.79 Å². The Morgan fingerprint density at radius 3 is 2.48 bits per heavy atom. The molecule has 0 aliphatic carbocycles. The van der Waals surface area contributed by atoms with Crippen LogP contribution in [0.1, 0.15) is 11.1 Å². The summed E-state index contributed by atoms with van der Waals surface area (Å²) in [5, 5.41) is 3.03. The normalized spacial score (nSPS) is 10.8. The summed E-state index contributed by atoms with van der Waals surface area (Å²) in [6.07, 6.45) is 0. The zero-order valence-electron chi connectivity index (χ0n) is 12.8. The summed E-state index contributed by atoms with van der Waals surface area (Å²) in [4.78, 5) is 12.6. The van der Waals surface area contributed by atoms with Gasteiger partial charge in [0, 0.05) is 25.8 Å². The molecule has 0 aliphatic heterocycles. The summed E-state index contributed by atoms with van der Waals surface area (Å²) in [5.41, 5.74) is 3.99. The molecule has 0 spiro atoms. The monoisotopic (exact) mass is 286 g/mol. The predicted molar refractivity (Wildman–Crippen MR) is 85.5 cm³/mol. The molecule has 1 N–H and O–H groups in total. The van der Waals surface area contributed by atoms with Gasteiger partial charge >= 0.3 is 0 Å². The molecule has 0 saturated carbocycles. The Labute approximate surface area is 125 Å². The number of ether oxygens (including phenoxy) is 1. The van der Waals surface area contributed by atoms with Gasteiger partial charge in [0.2, 0.25) is 0 Å². The maximum absolute atomic E-state index is 12.6. The Hall–Kier alpha value is -1.91. The van der Waals surface area contributed by atoms with Crippen molar-refractivity contribution in [3.05, 3.63) is 57.9 Å². The molecule has 0 atom stereocenters. The highest BCUT2D eigenvalue weighted by atomic mass is 16.5. The van der Waals surface area contributed by atoms with Gasteiger partial charge in [-0.3, -0.25) is 4.79 Å². The second-order valence-corrected chi connectivity index (χ2v) is 5.09. The highest BCUT2D eigenvalue weighted by molar-refractivity contribution is 5.60. The Kier molecular flexibility index (Phi) is 5.31. The molecular weight excluding hydrogens is 264 g/mol. The van der Waals surface area contributed by atoms with E-state index in [0.717, 1.165) is 16.8 Å². The average Bonchev–Trinajstić information content (AvgIpc) is 2.49. The summed E-state index contributed by atoms with van der Waals surface area (Å²) in [5.74, 6) is 0. The third-order valence-electron chi connectivity index (χ3n) is 3.49. The van der Waals surface area contributed by atoms with Gasteiger partial charge < -0.3 is 14.6 Å². The van der Waals surface area contributed by atoms with Crippen molar-refractivity contribution in [1.29, 1.82) is 0 Å². The van der Waals surface area contributed by atoms with Crippen LogP contribution in [0.25, 0.3) is 11.3 Å². The van der Waals surface area contributed by atoms with E-state index >= 15 is 0 Å². The first-order valence-electron chi connectivity index (χ1n) is 7.10. The highest BCUT2D eigenvalue weighted by Gasteiger charge is 2.10. The fraction of sp³-hybridized carbons (Fsp3) is 0.353. The molecule has 0 fully saturated rings. The van der Waals surface area contributed by atoms with Crippen LogP contribution in [0.5, 0.6) is 0 Å². The second-order valence-electron chi connectivity index (χ2n) is 5.09. The van der Waals surface area contributed by atoms with Crippen LogP contribution in [0.15, 0.2) is 41.2 Å². The number of methoxy groups -OCH3 is 1. The number of rotatable bonds is 6. The number of nitrogens with one attached hydrogen (secondary N) is 1. The Bertz CT molecular complexity index is 645. The molecule has 0 bridgehead atoms. The van der Waals surface area contributed by atoms with E-state index in [-0.39, 0.29) is 5.56 Å². The van der Waals surface area contributed by atoms with Crippen LogP contribution >= 0.6 is 0 Å². The van der Waals surface area contributed by atoms with Gasteiger partial charge in [-0.25, -0.2) is 0 Å². The van der Waals surface area contributed by atoms with Gasteiger partial charge in [0.25, 0.3) is 5.56 Å². The van der Waals surface area contributed by atoms with E-state index in [2.05, 4.69) is 24.4 Å². The van der Waals surface area contributed by atoms with Gasteiger partial charge in [0.05, 0.1) is 12.3 Å². The summed E-state index contributed by atoms with van der Waals surface area (Å²) >= 11 is 0. The molecule has 0 amide bonds. The largest absolute Gasteiger partial charge is 0.383 e. The minimum absolute atomic E-state index is 0.0412. The van der Waals surface area contributed by atoms with Crippen molar-refractivity contribution in [2.45, 2.75) is 20.0 Å². The minimum Gasteiger partial charge on any atom is -0.383 e. The number of hydrogen-bond donors (Lipinski definition) is 1. The Morgan fingerprint density at radius 2 is 1.86 bits per heavy atom. The lowest BCUT2D eigenvalue weighted by atomic mass is 10.1. The molecule has 4 nitrogen and oxygen atoms in total. The summed E-state index contributed by atoms with van der Waals surface area (Å²) in [6.45, 7) is 3.69. The van der Waals surface area contributed by atoms with Crippen LogP contribution in [0, 0.1) is 6.92 Å². The average molecular weight is 286 g/mol.